The summed E-state index contributed by atoms with van der Waals surface area (Å²) in [5.41, 5.74) is 1.19. The summed E-state index contributed by atoms with van der Waals surface area (Å²) in [7, 11) is 0. The van der Waals surface area contributed by atoms with Gasteiger partial charge in [-0.25, -0.2) is 4.79 Å². The second-order valence-electron chi connectivity index (χ2n) is 6.05. The fraction of sp³-hybridized carbons (Fsp3) is 0.611. The van der Waals surface area contributed by atoms with Crippen molar-refractivity contribution < 1.29 is 14.3 Å². The second-order valence-corrected chi connectivity index (χ2v) is 6.05. The van der Waals surface area contributed by atoms with Crippen molar-refractivity contribution in [2.45, 2.75) is 45.8 Å². The number of carbonyl (C=O) groups excluding carboxylic acids is 1. The standard InChI is InChI=1S/C18H28N2O3/c1-4-22-17-7-5-16(6-8-17)9-11-19-18(21)20-12-10-14(2)23-15(3)13-20/h5-8,14-15H,4,9-13H2,1-3H3,(H,19,21)/t14-,15+/m1/s1. The van der Waals surface area contributed by atoms with E-state index in [0.29, 0.717) is 19.7 Å². The Balaban J connectivity index is 1.75. The zero-order valence-corrected chi connectivity index (χ0v) is 14.4. The predicted octanol–water partition coefficient (Wildman–Crippen LogP) is 2.84. The molecule has 0 unspecified atom stereocenters. The molecular weight excluding hydrogens is 292 g/mol. The number of nitrogens with zero attached hydrogens (tertiary/aromatic N) is 1. The average Bonchev–Trinajstić information content (AvgIpc) is 2.69. The van der Waals surface area contributed by atoms with Crippen molar-refractivity contribution in [2.24, 2.45) is 0 Å². The number of amides is 2. The van der Waals surface area contributed by atoms with Gasteiger partial charge in [-0.3, -0.25) is 0 Å². The second kappa shape index (κ2) is 8.77. The summed E-state index contributed by atoms with van der Waals surface area (Å²) < 4.78 is 11.2. The van der Waals surface area contributed by atoms with E-state index in [2.05, 4.69) is 12.2 Å². The van der Waals surface area contributed by atoms with Crippen molar-refractivity contribution in [1.82, 2.24) is 10.2 Å². The van der Waals surface area contributed by atoms with Gasteiger partial charge in [0, 0.05) is 19.6 Å². The largest absolute Gasteiger partial charge is 0.494 e. The number of hydrogen-bond acceptors (Lipinski definition) is 3. The topological polar surface area (TPSA) is 50.8 Å². The maximum absolute atomic E-state index is 12.3. The first-order chi connectivity index (χ1) is 11.1. The van der Waals surface area contributed by atoms with E-state index >= 15 is 0 Å². The molecular formula is C18H28N2O3. The summed E-state index contributed by atoms with van der Waals surface area (Å²) in [6.07, 6.45) is 2.00. The van der Waals surface area contributed by atoms with Gasteiger partial charge in [0.2, 0.25) is 0 Å². The van der Waals surface area contributed by atoms with E-state index in [1.807, 2.05) is 43.0 Å². The van der Waals surface area contributed by atoms with Crippen molar-refractivity contribution in [3.8, 4) is 5.75 Å². The maximum Gasteiger partial charge on any atom is 0.317 e. The van der Waals surface area contributed by atoms with Crippen LogP contribution in [0, 0.1) is 0 Å². The van der Waals surface area contributed by atoms with Gasteiger partial charge in [0.15, 0.2) is 0 Å². The molecule has 128 valence electrons. The minimum Gasteiger partial charge on any atom is -0.494 e. The van der Waals surface area contributed by atoms with Crippen LogP contribution in [-0.2, 0) is 11.2 Å². The molecule has 5 nitrogen and oxygen atoms in total. The first kappa shape index (κ1) is 17.6. The van der Waals surface area contributed by atoms with Crippen molar-refractivity contribution >= 4 is 6.03 Å². The molecule has 0 saturated carbocycles. The lowest BCUT2D eigenvalue weighted by atomic mass is 10.1. The molecule has 2 atom stereocenters. The molecule has 1 N–H and O–H groups in total. The van der Waals surface area contributed by atoms with Gasteiger partial charge >= 0.3 is 6.03 Å². The minimum atomic E-state index is 0.000450. The number of urea groups is 1. The van der Waals surface area contributed by atoms with E-state index in [4.69, 9.17) is 9.47 Å². The average molecular weight is 320 g/mol. The fourth-order valence-corrected chi connectivity index (χ4v) is 2.78. The van der Waals surface area contributed by atoms with Crippen LogP contribution in [0.1, 0.15) is 32.8 Å². The number of ether oxygens (including phenoxy) is 2. The van der Waals surface area contributed by atoms with E-state index in [1.165, 1.54) is 5.56 Å². The highest BCUT2D eigenvalue weighted by molar-refractivity contribution is 5.74. The van der Waals surface area contributed by atoms with Gasteiger partial charge in [-0.1, -0.05) is 12.1 Å². The third-order valence-corrected chi connectivity index (χ3v) is 3.96. The number of hydrogen-bond donors (Lipinski definition) is 1. The van der Waals surface area contributed by atoms with Crippen LogP contribution in [0.2, 0.25) is 0 Å². The molecule has 0 radical (unpaired) electrons. The Labute approximate surface area is 139 Å². The van der Waals surface area contributed by atoms with Crippen LogP contribution >= 0.6 is 0 Å². The molecule has 0 bridgehead atoms. The Kier molecular flexibility index (Phi) is 6.71. The summed E-state index contributed by atoms with van der Waals surface area (Å²) in [6.45, 7) is 8.75. The van der Waals surface area contributed by atoms with Crippen LogP contribution in [-0.4, -0.2) is 49.4 Å². The van der Waals surface area contributed by atoms with Crippen molar-refractivity contribution in [1.29, 1.82) is 0 Å². The van der Waals surface area contributed by atoms with Gasteiger partial charge in [-0.15, -0.1) is 0 Å². The number of nitrogens with one attached hydrogen (secondary N) is 1. The highest BCUT2D eigenvalue weighted by Gasteiger charge is 2.22. The lowest BCUT2D eigenvalue weighted by molar-refractivity contribution is 0.0160. The van der Waals surface area contributed by atoms with Crippen LogP contribution in [0.5, 0.6) is 5.75 Å². The molecule has 1 saturated heterocycles. The molecule has 0 spiro atoms. The summed E-state index contributed by atoms with van der Waals surface area (Å²) in [5, 5.41) is 3.00. The van der Waals surface area contributed by atoms with Gasteiger partial charge < -0.3 is 19.7 Å². The van der Waals surface area contributed by atoms with Crippen molar-refractivity contribution in [2.75, 3.05) is 26.2 Å². The minimum absolute atomic E-state index is 0.000450. The van der Waals surface area contributed by atoms with Crippen molar-refractivity contribution in [3.63, 3.8) is 0 Å². The van der Waals surface area contributed by atoms with Crippen LogP contribution in [0.15, 0.2) is 24.3 Å². The molecule has 1 fully saturated rings. The zero-order chi connectivity index (χ0) is 16.7. The highest BCUT2D eigenvalue weighted by atomic mass is 16.5. The van der Waals surface area contributed by atoms with E-state index in [9.17, 15) is 4.79 Å². The van der Waals surface area contributed by atoms with Gasteiger partial charge in [-0.2, -0.15) is 0 Å². The molecule has 1 aromatic rings. The Morgan fingerprint density at radius 2 is 2.04 bits per heavy atom. The quantitative estimate of drug-likeness (QED) is 0.907. The van der Waals surface area contributed by atoms with E-state index in [0.717, 1.165) is 25.1 Å². The smallest absolute Gasteiger partial charge is 0.317 e. The lowest BCUT2D eigenvalue weighted by Gasteiger charge is -2.22. The van der Waals surface area contributed by atoms with Gasteiger partial charge in [0.05, 0.1) is 18.8 Å². The molecule has 2 rings (SSSR count). The Bertz CT molecular complexity index is 490. The van der Waals surface area contributed by atoms with Crippen LogP contribution in [0.4, 0.5) is 4.79 Å². The molecule has 1 heterocycles. The first-order valence-electron chi connectivity index (χ1n) is 8.48. The van der Waals surface area contributed by atoms with Crippen LogP contribution in [0.25, 0.3) is 0 Å². The molecule has 23 heavy (non-hydrogen) atoms. The van der Waals surface area contributed by atoms with Gasteiger partial charge in [0.25, 0.3) is 0 Å². The summed E-state index contributed by atoms with van der Waals surface area (Å²) in [5.74, 6) is 0.882. The molecule has 2 amide bonds. The van der Waals surface area contributed by atoms with Gasteiger partial charge in [0.1, 0.15) is 5.75 Å². The molecule has 1 aliphatic rings. The molecule has 0 aromatic heterocycles. The first-order valence-corrected chi connectivity index (χ1v) is 8.48. The number of rotatable bonds is 5. The predicted molar refractivity (Wildman–Crippen MR) is 90.9 cm³/mol. The third-order valence-electron chi connectivity index (χ3n) is 3.96. The Hall–Kier alpha value is -1.75. The van der Waals surface area contributed by atoms with Gasteiger partial charge in [-0.05, 0) is 51.3 Å². The number of benzene rings is 1. The van der Waals surface area contributed by atoms with E-state index in [1.54, 1.807) is 0 Å². The summed E-state index contributed by atoms with van der Waals surface area (Å²) in [4.78, 5) is 14.1. The Morgan fingerprint density at radius 1 is 1.30 bits per heavy atom. The van der Waals surface area contributed by atoms with Crippen LogP contribution in [0.3, 0.4) is 0 Å². The normalized spacial score (nSPS) is 21.6. The van der Waals surface area contributed by atoms with Crippen LogP contribution < -0.4 is 10.1 Å². The van der Waals surface area contributed by atoms with E-state index in [-0.39, 0.29) is 18.2 Å². The maximum atomic E-state index is 12.3. The molecule has 1 aliphatic heterocycles. The number of carbonyl (C=O) groups is 1. The zero-order valence-electron chi connectivity index (χ0n) is 14.4. The fourth-order valence-electron chi connectivity index (χ4n) is 2.78. The molecule has 5 heteroatoms. The summed E-state index contributed by atoms with van der Waals surface area (Å²) in [6, 6.07) is 8.02. The molecule has 0 aliphatic carbocycles. The highest BCUT2D eigenvalue weighted by Crippen LogP contribution is 2.13. The van der Waals surface area contributed by atoms with Crippen molar-refractivity contribution in [3.05, 3.63) is 29.8 Å². The monoisotopic (exact) mass is 320 g/mol. The molecule has 1 aromatic carbocycles. The SMILES string of the molecule is CCOc1ccc(CCNC(=O)N2CC[C@@H](C)O[C@@H](C)C2)cc1. The third kappa shape index (κ3) is 5.75. The summed E-state index contributed by atoms with van der Waals surface area (Å²) >= 11 is 0. The lowest BCUT2D eigenvalue weighted by Crippen LogP contribution is -2.43. The van der Waals surface area contributed by atoms with E-state index < -0.39 is 0 Å². The Morgan fingerprint density at radius 3 is 2.74 bits per heavy atom.